The molecule has 0 atom stereocenters. The zero-order chi connectivity index (χ0) is 8.27. The summed E-state index contributed by atoms with van der Waals surface area (Å²) in [6.07, 6.45) is 3.62. The number of aromatic nitrogens is 1. The summed E-state index contributed by atoms with van der Waals surface area (Å²) in [5.41, 5.74) is 0. The fraction of sp³-hybridized carbons (Fsp3) is 0.286. The monoisotopic (exact) mass is 232 g/mol. The first-order valence-corrected chi connectivity index (χ1v) is 4.71. The molecule has 2 nitrogen and oxygen atoms in total. The van der Waals surface area contributed by atoms with Crippen LogP contribution < -0.4 is 0 Å². The predicted octanol–water partition coefficient (Wildman–Crippen LogP) is 2.41. The Morgan fingerprint density at radius 1 is 1.45 bits per heavy atom. The Balaban J connectivity index is 2.71. The highest BCUT2D eigenvalue weighted by Gasteiger charge is 1.96. The highest BCUT2D eigenvalue weighted by atomic mass is 79.9. The topological polar surface area (TPSA) is 16.1 Å². The van der Waals surface area contributed by atoms with Crippen LogP contribution in [0.4, 0.5) is 0 Å². The molecule has 0 aliphatic carbocycles. The van der Waals surface area contributed by atoms with Crippen molar-refractivity contribution >= 4 is 27.9 Å². The van der Waals surface area contributed by atoms with Crippen LogP contribution in [0.2, 0.25) is 0 Å². The minimum atomic E-state index is 1.02. The van der Waals surface area contributed by atoms with Crippen LogP contribution >= 0.6 is 27.9 Å². The Labute approximate surface area is 79.3 Å². The SMILES string of the molecule is CN(C)Sc1cncc(Br)c1. The van der Waals surface area contributed by atoms with Gasteiger partial charge in [-0.05, 0) is 48.0 Å². The molecule has 0 bridgehead atoms. The molecule has 1 aromatic rings. The van der Waals surface area contributed by atoms with E-state index in [1.807, 2.05) is 30.7 Å². The van der Waals surface area contributed by atoms with E-state index in [9.17, 15) is 0 Å². The number of rotatable bonds is 2. The number of hydrogen-bond acceptors (Lipinski definition) is 3. The number of pyridine rings is 1. The van der Waals surface area contributed by atoms with Crippen LogP contribution in [0.3, 0.4) is 0 Å². The summed E-state index contributed by atoms with van der Waals surface area (Å²) in [4.78, 5) is 5.19. The van der Waals surface area contributed by atoms with E-state index in [0.29, 0.717) is 0 Å². The van der Waals surface area contributed by atoms with Crippen molar-refractivity contribution in [1.29, 1.82) is 0 Å². The van der Waals surface area contributed by atoms with Crippen LogP contribution in [0.15, 0.2) is 27.8 Å². The van der Waals surface area contributed by atoms with Gasteiger partial charge in [0.25, 0.3) is 0 Å². The molecule has 1 aromatic heterocycles. The molecule has 60 valence electrons. The second kappa shape index (κ2) is 4.09. The molecule has 0 aromatic carbocycles. The zero-order valence-electron chi connectivity index (χ0n) is 6.41. The van der Waals surface area contributed by atoms with Crippen LogP contribution in [0.25, 0.3) is 0 Å². The molecule has 0 unspecified atom stereocenters. The van der Waals surface area contributed by atoms with E-state index >= 15 is 0 Å². The molecular formula is C7H9BrN2S. The summed E-state index contributed by atoms with van der Waals surface area (Å²) in [5.74, 6) is 0. The molecular weight excluding hydrogens is 224 g/mol. The van der Waals surface area contributed by atoms with E-state index in [1.165, 1.54) is 0 Å². The van der Waals surface area contributed by atoms with Crippen LogP contribution in [0.1, 0.15) is 0 Å². The maximum absolute atomic E-state index is 4.04. The zero-order valence-corrected chi connectivity index (χ0v) is 8.82. The van der Waals surface area contributed by atoms with Crippen molar-refractivity contribution in [2.75, 3.05) is 14.1 Å². The van der Waals surface area contributed by atoms with Crippen LogP contribution in [0.5, 0.6) is 0 Å². The largest absolute Gasteiger partial charge is 0.262 e. The lowest BCUT2D eigenvalue weighted by molar-refractivity contribution is 0.702. The lowest BCUT2D eigenvalue weighted by Crippen LogP contribution is -1.98. The molecule has 0 aliphatic rings. The van der Waals surface area contributed by atoms with Crippen molar-refractivity contribution in [2.24, 2.45) is 0 Å². The van der Waals surface area contributed by atoms with Gasteiger partial charge in [0.1, 0.15) is 0 Å². The van der Waals surface area contributed by atoms with Crippen LogP contribution in [0, 0.1) is 0 Å². The number of halogens is 1. The van der Waals surface area contributed by atoms with E-state index < -0.39 is 0 Å². The summed E-state index contributed by atoms with van der Waals surface area (Å²) in [6.45, 7) is 0. The van der Waals surface area contributed by atoms with Gasteiger partial charge in [0.15, 0.2) is 0 Å². The average molecular weight is 233 g/mol. The summed E-state index contributed by atoms with van der Waals surface area (Å²) in [7, 11) is 4.01. The third-order valence-electron chi connectivity index (χ3n) is 0.968. The predicted molar refractivity (Wildman–Crippen MR) is 51.5 cm³/mol. The Bertz CT molecular complexity index is 240. The summed E-state index contributed by atoms with van der Waals surface area (Å²) in [6, 6.07) is 2.04. The maximum atomic E-state index is 4.04. The second-order valence-electron chi connectivity index (χ2n) is 2.24. The molecule has 0 fully saturated rings. The molecule has 0 amide bonds. The Kier molecular flexibility index (Phi) is 3.36. The first-order chi connectivity index (χ1) is 5.18. The lowest BCUT2D eigenvalue weighted by Gasteiger charge is -2.07. The minimum Gasteiger partial charge on any atom is -0.262 e. The van der Waals surface area contributed by atoms with E-state index in [1.54, 1.807) is 18.1 Å². The summed E-state index contributed by atoms with van der Waals surface area (Å²) < 4.78 is 3.05. The van der Waals surface area contributed by atoms with Gasteiger partial charge in [0.05, 0.1) is 0 Å². The van der Waals surface area contributed by atoms with Gasteiger partial charge in [-0.25, -0.2) is 0 Å². The summed E-state index contributed by atoms with van der Waals surface area (Å²) >= 11 is 5.01. The first kappa shape index (κ1) is 9.03. The van der Waals surface area contributed by atoms with Gasteiger partial charge in [-0.2, -0.15) is 0 Å². The quantitative estimate of drug-likeness (QED) is 0.730. The van der Waals surface area contributed by atoms with E-state index in [-0.39, 0.29) is 0 Å². The molecule has 0 aliphatic heterocycles. The van der Waals surface area contributed by atoms with Gasteiger partial charge in [-0.3, -0.25) is 9.29 Å². The molecule has 0 saturated heterocycles. The van der Waals surface area contributed by atoms with Crippen molar-refractivity contribution in [2.45, 2.75) is 4.90 Å². The van der Waals surface area contributed by atoms with Crippen molar-refractivity contribution in [3.8, 4) is 0 Å². The van der Waals surface area contributed by atoms with E-state index in [4.69, 9.17) is 0 Å². The van der Waals surface area contributed by atoms with Gasteiger partial charge >= 0.3 is 0 Å². The third kappa shape index (κ3) is 3.22. The van der Waals surface area contributed by atoms with Gasteiger partial charge in [0, 0.05) is 21.8 Å². The standard InChI is InChI=1S/C7H9BrN2S/c1-10(2)11-7-3-6(8)4-9-5-7/h3-5H,1-2H3. The molecule has 1 heterocycles. The Morgan fingerprint density at radius 2 is 2.18 bits per heavy atom. The van der Waals surface area contributed by atoms with Crippen LogP contribution in [-0.2, 0) is 0 Å². The van der Waals surface area contributed by atoms with Crippen molar-refractivity contribution in [1.82, 2.24) is 9.29 Å². The van der Waals surface area contributed by atoms with Crippen molar-refractivity contribution in [3.05, 3.63) is 22.9 Å². The molecule has 11 heavy (non-hydrogen) atoms. The smallest absolute Gasteiger partial charge is 0.0424 e. The highest BCUT2D eigenvalue weighted by Crippen LogP contribution is 2.21. The Hall–Kier alpha value is -0.0600. The van der Waals surface area contributed by atoms with Gasteiger partial charge in [0.2, 0.25) is 0 Å². The normalized spacial score (nSPS) is 10.5. The van der Waals surface area contributed by atoms with E-state index in [2.05, 4.69) is 20.9 Å². The van der Waals surface area contributed by atoms with Gasteiger partial charge < -0.3 is 0 Å². The maximum Gasteiger partial charge on any atom is 0.0424 e. The fourth-order valence-corrected chi connectivity index (χ4v) is 1.88. The molecule has 0 radical (unpaired) electrons. The summed E-state index contributed by atoms with van der Waals surface area (Å²) in [5, 5.41) is 0. The molecule has 0 spiro atoms. The van der Waals surface area contributed by atoms with Gasteiger partial charge in [-0.1, -0.05) is 0 Å². The lowest BCUT2D eigenvalue weighted by atomic mass is 10.5. The average Bonchev–Trinajstić information content (AvgIpc) is 1.85. The third-order valence-corrected chi connectivity index (χ3v) is 2.20. The molecule has 1 rings (SSSR count). The number of hydrogen-bond donors (Lipinski definition) is 0. The highest BCUT2D eigenvalue weighted by molar-refractivity contribution is 9.10. The van der Waals surface area contributed by atoms with Gasteiger partial charge in [-0.15, -0.1) is 0 Å². The first-order valence-electron chi connectivity index (χ1n) is 3.14. The Morgan fingerprint density at radius 3 is 2.73 bits per heavy atom. The van der Waals surface area contributed by atoms with Crippen molar-refractivity contribution < 1.29 is 0 Å². The van der Waals surface area contributed by atoms with E-state index in [0.717, 1.165) is 9.37 Å². The number of nitrogens with zero attached hydrogens (tertiary/aromatic N) is 2. The molecule has 0 saturated carbocycles. The minimum absolute atomic E-state index is 1.02. The fourth-order valence-electron chi connectivity index (χ4n) is 0.653. The molecule has 4 heteroatoms. The molecule has 0 N–H and O–H groups in total. The second-order valence-corrected chi connectivity index (χ2v) is 4.54. The van der Waals surface area contributed by atoms with Crippen molar-refractivity contribution in [3.63, 3.8) is 0 Å². The van der Waals surface area contributed by atoms with Crippen LogP contribution in [-0.4, -0.2) is 23.4 Å².